The largest absolute Gasteiger partial charge is 0.493 e. The molecule has 0 aromatic heterocycles. The van der Waals surface area contributed by atoms with Crippen molar-refractivity contribution in [3.05, 3.63) is 89.7 Å². The van der Waals surface area contributed by atoms with Crippen LogP contribution in [0.3, 0.4) is 0 Å². The summed E-state index contributed by atoms with van der Waals surface area (Å²) < 4.78 is 24.4. The molecule has 1 fully saturated rings. The number of nitrogens with zero attached hydrogens (tertiary/aromatic N) is 2. The molecule has 0 radical (unpaired) electrons. The summed E-state index contributed by atoms with van der Waals surface area (Å²) in [4.78, 5) is 26.3. The van der Waals surface area contributed by atoms with E-state index in [4.69, 9.17) is 9.47 Å². The molecule has 1 heterocycles. The summed E-state index contributed by atoms with van der Waals surface area (Å²) in [5.41, 5.74) is 4.81. The highest BCUT2D eigenvalue weighted by Crippen LogP contribution is 2.28. The average Bonchev–Trinajstić information content (AvgIpc) is 3.25. The van der Waals surface area contributed by atoms with E-state index in [9.17, 15) is 14.0 Å². The molecule has 8 heteroatoms. The monoisotopic (exact) mass is 461 g/mol. The van der Waals surface area contributed by atoms with Gasteiger partial charge in [-0.15, -0.1) is 0 Å². The van der Waals surface area contributed by atoms with Crippen molar-refractivity contribution in [2.75, 3.05) is 18.6 Å². The Balaban J connectivity index is 1.33. The number of rotatable bonds is 8. The van der Waals surface area contributed by atoms with Crippen LogP contribution in [-0.4, -0.2) is 31.7 Å². The molecule has 0 saturated carbocycles. The van der Waals surface area contributed by atoms with E-state index in [0.29, 0.717) is 29.4 Å². The molecule has 0 bridgehead atoms. The van der Waals surface area contributed by atoms with Gasteiger partial charge in [0.25, 0.3) is 0 Å². The number of anilines is 1. The molecule has 3 aromatic rings. The highest BCUT2D eigenvalue weighted by molar-refractivity contribution is 6.00. The Bertz CT molecular complexity index is 1180. The van der Waals surface area contributed by atoms with E-state index in [-0.39, 0.29) is 30.6 Å². The quantitative estimate of drug-likeness (QED) is 0.407. The number of hydrogen-bond acceptors (Lipinski definition) is 5. The van der Waals surface area contributed by atoms with Crippen molar-refractivity contribution >= 4 is 23.7 Å². The molecular formula is C26H24FN3O4. The van der Waals surface area contributed by atoms with Crippen molar-refractivity contribution in [2.24, 2.45) is 11.0 Å². The number of halogens is 1. The van der Waals surface area contributed by atoms with Crippen LogP contribution < -0.4 is 19.8 Å². The molecule has 0 aliphatic carbocycles. The lowest BCUT2D eigenvalue weighted by atomic mass is 10.1. The van der Waals surface area contributed by atoms with E-state index in [1.54, 1.807) is 25.3 Å². The Morgan fingerprint density at radius 1 is 1.12 bits per heavy atom. The van der Waals surface area contributed by atoms with Crippen molar-refractivity contribution in [2.45, 2.75) is 13.0 Å². The van der Waals surface area contributed by atoms with Crippen molar-refractivity contribution in [3.8, 4) is 11.5 Å². The zero-order valence-corrected chi connectivity index (χ0v) is 18.6. The number of amides is 2. The van der Waals surface area contributed by atoms with Crippen LogP contribution in [0.1, 0.15) is 17.5 Å². The minimum absolute atomic E-state index is 0.0694. The highest BCUT2D eigenvalue weighted by Gasteiger charge is 2.35. The van der Waals surface area contributed by atoms with Gasteiger partial charge in [0, 0.05) is 18.7 Å². The Labute approximate surface area is 196 Å². The molecular weight excluding hydrogens is 437 g/mol. The summed E-state index contributed by atoms with van der Waals surface area (Å²) in [6.45, 7) is 0.628. The lowest BCUT2D eigenvalue weighted by Gasteiger charge is -2.16. The fraction of sp³-hybridized carbons (Fsp3) is 0.192. The predicted molar refractivity (Wildman–Crippen MR) is 126 cm³/mol. The van der Waals surface area contributed by atoms with Gasteiger partial charge in [0.2, 0.25) is 11.8 Å². The molecule has 3 aromatic carbocycles. The van der Waals surface area contributed by atoms with E-state index in [1.807, 2.05) is 30.3 Å². The first-order valence-corrected chi connectivity index (χ1v) is 10.8. The van der Waals surface area contributed by atoms with Crippen LogP contribution in [0.25, 0.3) is 0 Å². The molecule has 1 aliphatic rings. The Hall–Kier alpha value is -4.20. The lowest BCUT2D eigenvalue weighted by molar-refractivity contribution is -0.126. The maximum absolute atomic E-state index is 13.1. The average molecular weight is 461 g/mol. The first-order valence-electron chi connectivity index (χ1n) is 10.8. The molecule has 1 atom stereocenters. The van der Waals surface area contributed by atoms with E-state index in [0.717, 1.165) is 5.56 Å². The van der Waals surface area contributed by atoms with Gasteiger partial charge in [-0.05, 0) is 53.6 Å². The van der Waals surface area contributed by atoms with Gasteiger partial charge in [0.1, 0.15) is 12.4 Å². The highest BCUT2D eigenvalue weighted by atomic mass is 19.1. The zero-order chi connectivity index (χ0) is 23.9. The third-order valence-corrected chi connectivity index (χ3v) is 5.45. The maximum atomic E-state index is 13.1. The van der Waals surface area contributed by atoms with Crippen molar-refractivity contribution < 1.29 is 23.5 Å². The molecule has 4 rings (SSSR count). The van der Waals surface area contributed by atoms with Crippen molar-refractivity contribution in [3.63, 3.8) is 0 Å². The predicted octanol–water partition coefficient (Wildman–Crippen LogP) is 3.92. The van der Waals surface area contributed by atoms with Crippen LogP contribution in [0.2, 0.25) is 0 Å². The number of carbonyl (C=O) groups is 2. The lowest BCUT2D eigenvalue weighted by Crippen LogP contribution is -2.30. The standard InChI is InChI=1S/C26H24FN3O4/c1-33-24-13-19(7-12-23(24)34-17-18-5-3-2-4-6-18)15-28-29-26(32)20-14-25(31)30(16-20)22-10-8-21(27)9-11-22/h2-13,15,20H,14,16-17H2,1H3,(H,29,32)/b28-15-/t20-/m0/s1. The van der Waals surface area contributed by atoms with Crippen LogP contribution in [0.15, 0.2) is 77.9 Å². The van der Waals surface area contributed by atoms with Crippen LogP contribution in [-0.2, 0) is 16.2 Å². The number of hydrazone groups is 1. The first kappa shape index (κ1) is 23.0. The zero-order valence-electron chi connectivity index (χ0n) is 18.6. The SMILES string of the molecule is COc1cc(/C=N\NC(=O)[C@H]2CC(=O)N(c3ccc(F)cc3)C2)ccc1OCc1ccccc1. The van der Waals surface area contributed by atoms with Crippen molar-refractivity contribution in [1.29, 1.82) is 0 Å². The maximum Gasteiger partial charge on any atom is 0.245 e. The second-order valence-electron chi connectivity index (χ2n) is 7.80. The van der Waals surface area contributed by atoms with Crippen molar-refractivity contribution in [1.82, 2.24) is 5.43 Å². The molecule has 34 heavy (non-hydrogen) atoms. The number of carbonyl (C=O) groups excluding carboxylic acids is 2. The smallest absolute Gasteiger partial charge is 0.245 e. The Kier molecular flexibility index (Phi) is 7.17. The Morgan fingerprint density at radius 2 is 1.88 bits per heavy atom. The minimum atomic E-state index is -0.544. The summed E-state index contributed by atoms with van der Waals surface area (Å²) in [5, 5.41) is 4.02. The minimum Gasteiger partial charge on any atom is -0.493 e. The van der Waals surface area contributed by atoms with Gasteiger partial charge in [0.05, 0.1) is 19.2 Å². The Morgan fingerprint density at radius 3 is 2.62 bits per heavy atom. The number of benzene rings is 3. The molecule has 2 amide bonds. The molecule has 174 valence electrons. The second kappa shape index (κ2) is 10.6. The topological polar surface area (TPSA) is 80.2 Å². The molecule has 1 N–H and O–H groups in total. The third-order valence-electron chi connectivity index (χ3n) is 5.45. The second-order valence-corrected chi connectivity index (χ2v) is 7.80. The third kappa shape index (κ3) is 5.58. The van der Waals surface area contributed by atoms with Gasteiger partial charge >= 0.3 is 0 Å². The van der Waals surface area contributed by atoms with Gasteiger partial charge in [-0.3, -0.25) is 9.59 Å². The first-order chi connectivity index (χ1) is 16.5. The van der Waals surface area contributed by atoms with Crippen LogP contribution in [0, 0.1) is 11.7 Å². The van der Waals surface area contributed by atoms with Gasteiger partial charge in [-0.25, -0.2) is 9.82 Å². The van der Waals surface area contributed by atoms with E-state index in [2.05, 4.69) is 10.5 Å². The number of methoxy groups -OCH3 is 1. The van der Waals surface area contributed by atoms with E-state index in [1.165, 1.54) is 35.4 Å². The number of hydrogen-bond donors (Lipinski definition) is 1. The molecule has 1 saturated heterocycles. The molecule has 1 aliphatic heterocycles. The van der Waals surface area contributed by atoms with Crippen LogP contribution in [0.4, 0.5) is 10.1 Å². The fourth-order valence-electron chi connectivity index (χ4n) is 3.63. The summed E-state index contributed by atoms with van der Waals surface area (Å²) >= 11 is 0. The van der Waals surface area contributed by atoms with E-state index < -0.39 is 5.92 Å². The molecule has 7 nitrogen and oxygen atoms in total. The number of ether oxygens (including phenoxy) is 2. The summed E-state index contributed by atoms with van der Waals surface area (Å²) in [6.07, 6.45) is 1.57. The normalized spacial score (nSPS) is 15.5. The van der Waals surface area contributed by atoms with Gasteiger partial charge < -0.3 is 14.4 Å². The molecule has 0 unspecified atom stereocenters. The summed E-state index contributed by atoms with van der Waals surface area (Å²) in [7, 11) is 1.55. The van der Waals surface area contributed by atoms with E-state index >= 15 is 0 Å². The van der Waals surface area contributed by atoms with Crippen LogP contribution in [0.5, 0.6) is 11.5 Å². The number of nitrogens with one attached hydrogen (secondary N) is 1. The van der Waals surface area contributed by atoms with Gasteiger partial charge in [0.15, 0.2) is 11.5 Å². The fourth-order valence-corrected chi connectivity index (χ4v) is 3.63. The molecule has 0 spiro atoms. The van der Waals surface area contributed by atoms with Crippen LogP contribution >= 0.6 is 0 Å². The van der Waals surface area contributed by atoms with Gasteiger partial charge in [-0.1, -0.05) is 30.3 Å². The summed E-state index contributed by atoms with van der Waals surface area (Å²) in [5.74, 6) is -0.333. The summed E-state index contributed by atoms with van der Waals surface area (Å²) in [6, 6.07) is 20.7. The van der Waals surface area contributed by atoms with Gasteiger partial charge in [-0.2, -0.15) is 5.10 Å².